The average molecular weight is 543 g/mol. The zero-order valence-electron chi connectivity index (χ0n) is 18.3. The molecule has 3 aromatic rings. The van der Waals surface area contributed by atoms with Crippen molar-refractivity contribution >= 4 is 43.6 Å². The molecule has 9 heteroatoms. The van der Waals surface area contributed by atoms with Crippen molar-refractivity contribution in [3.8, 4) is 11.5 Å². The number of hydrogen-bond donors (Lipinski definition) is 3. The van der Waals surface area contributed by atoms with Crippen LogP contribution in [-0.4, -0.2) is 37.6 Å². The monoisotopic (exact) mass is 542 g/mol. The fraction of sp³-hybridized carbons (Fsp3) is 0.160. The van der Waals surface area contributed by atoms with Gasteiger partial charge in [0.25, 0.3) is 5.91 Å². The molecule has 0 saturated heterocycles. The number of phenolic OH excluding ortho intramolecular Hbond substituents is 2. The van der Waals surface area contributed by atoms with Crippen LogP contribution in [0, 0.1) is 0 Å². The summed E-state index contributed by atoms with van der Waals surface area (Å²) in [4.78, 5) is 14.1. The molecule has 0 heterocycles. The fourth-order valence-electron chi connectivity index (χ4n) is 3.89. The molecule has 0 fully saturated rings. The van der Waals surface area contributed by atoms with E-state index in [2.05, 4.69) is 20.7 Å². The number of nitrogens with one attached hydrogen (secondary N) is 1. The highest BCUT2D eigenvalue weighted by atomic mass is 79.9. The van der Waals surface area contributed by atoms with Crippen LogP contribution in [0.5, 0.6) is 11.5 Å². The number of carbonyl (C=O) groups excluding carboxylic acids is 1. The summed E-state index contributed by atoms with van der Waals surface area (Å²) in [6.45, 7) is 0. The minimum atomic E-state index is -3.70. The van der Waals surface area contributed by atoms with E-state index in [1.807, 2.05) is 24.3 Å². The molecule has 0 aromatic heterocycles. The third kappa shape index (κ3) is 5.16. The van der Waals surface area contributed by atoms with Gasteiger partial charge in [-0.05, 0) is 87.9 Å². The van der Waals surface area contributed by atoms with Gasteiger partial charge >= 0.3 is 0 Å². The zero-order valence-corrected chi connectivity index (χ0v) is 20.7. The average Bonchev–Trinajstić information content (AvgIpc) is 3.22. The normalized spacial score (nSPS) is 13.8. The number of carbonyl (C=O) groups is 1. The molecule has 34 heavy (non-hydrogen) atoms. The summed E-state index contributed by atoms with van der Waals surface area (Å²) in [6, 6.07) is 16.8. The first-order valence-electron chi connectivity index (χ1n) is 10.5. The van der Waals surface area contributed by atoms with Crippen molar-refractivity contribution in [2.24, 2.45) is 0 Å². The summed E-state index contributed by atoms with van der Waals surface area (Å²) in [6.07, 6.45) is 4.15. The Kier molecular flexibility index (Phi) is 6.79. The summed E-state index contributed by atoms with van der Waals surface area (Å²) in [5, 5.41) is 19.3. The van der Waals surface area contributed by atoms with Gasteiger partial charge in [0.05, 0.1) is 9.37 Å². The highest BCUT2D eigenvalue weighted by Gasteiger charge is 2.26. The van der Waals surface area contributed by atoms with Gasteiger partial charge in [-0.1, -0.05) is 24.3 Å². The lowest BCUT2D eigenvalue weighted by atomic mass is 10.1. The van der Waals surface area contributed by atoms with Crippen molar-refractivity contribution in [2.75, 3.05) is 11.9 Å². The summed E-state index contributed by atoms with van der Waals surface area (Å²) < 4.78 is 28.8. The number of aromatic hydroxyl groups is 2. The Balaban J connectivity index is 1.42. The molecule has 176 valence electrons. The van der Waals surface area contributed by atoms with Gasteiger partial charge in [-0.15, -0.1) is 0 Å². The minimum absolute atomic E-state index is 0.132. The Morgan fingerprint density at radius 3 is 2.26 bits per heavy atom. The van der Waals surface area contributed by atoms with Crippen LogP contribution in [0.3, 0.4) is 0 Å². The Morgan fingerprint density at radius 1 is 1.06 bits per heavy atom. The number of anilines is 1. The predicted molar refractivity (Wildman–Crippen MR) is 134 cm³/mol. The van der Waals surface area contributed by atoms with Crippen LogP contribution < -0.4 is 9.62 Å². The van der Waals surface area contributed by atoms with Crippen LogP contribution in [0.1, 0.15) is 16.7 Å². The molecule has 0 spiro atoms. The molecule has 4 rings (SSSR count). The molecule has 7 nitrogen and oxygen atoms in total. The molecule has 0 atom stereocenters. The summed E-state index contributed by atoms with van der Waals surface area (Å²) >= 11 is 3.13. The van der Waals surface area contributed by atoms with Gasteiger partial charge in [-0.2, -0.15) is 0 Å². The number of halogens is 1. The van der Waals surface area contributed by atoms with Crippen molar-refractivity contribution in [1.29, 1.82) is 0 Å². The lowest BCUT2D eigenvalue weighted by Gasteiger charge is -2.17. The number of hydrogen-bond acceptors (Lipinski definition) is 5. The molecule has 1 aliphatic rings. The number of likely N-dealkylation sites (N-methyl/N-ethyl adjacent to an activating group) is 1. The maximum absolute atomic E-state index is 12.8. The summed E-state index contributed by atoms with van der Waals surface area (Å²) in [5.41, 5.74) is 3.37. The van der Waals surface area contributed by atoms with Crippen LogP contribution in [0.2, 0.25) is 0 Å². The van der Waals surface area contributed by atoms with E-state index >= 15 is 0 Å². The van der Waals surface area contributed by atoms with Crippen LogP contribution in [-0.2, 0) is 27.7 Å². The second-order valence-corrected chi connectivity index (χ2v) is 10.7. The molecular weight excluding hydrogens is 520 g/mol. The lowest BCUT2D eigenvalue weighted by molar-refractivity contribution is -0.113. The molecule has 0 unspecified atom stereocenters. The third-order valence-corrected chi connectivity index (χ3v) is 7.86. The molecule has 0 aliphatic heterocycles. The topological polar surface area (TPSA) is 107 Å². The number of sulfonamides is 1. The lowest BCUT2D eigenvalue weighted by Crippen LogP contribution is -2.35. The quantitative estimate of drug-likeness (QED) is 0.322. The molecule has 1 amide bonds. The van der Waals surface area contributed by atoms with Crippen LogP contribution in [0.15, 0.2) is 76.1 Å². The molecule has 0 saturated carbocycles. The molecule has 1 aliphatic carbocycles. The first kappa shape index (κ1) is 24.0. The van der Waals surface area contributed by atoms with Gasteiger partial charge in [-0.3, -0.25) is 4.79 Å². The van der Waals surface area contributed by atoms with Crippen molar-refractivity contribution < 1.29 is 23.4 Å². The molecular formula is C25H23BrN2O5S. The van der Waals surface area contributed by atoms with Crippen molar-refractivity contribution in [3.05, 3.63) is 87.9 Å². The zero-order chi connectivity index (χ0) is 24.5. The first-order valence-corrected chi connectivity index (χ1v) is 12.8. The Hall–Kier alpha value is -3.14. The molecule has 3 aromatic carbocycles. The summed E-state index contributed by atoms with van der Waals surface area (Å²) in [5.74, 6) is -0.926. The van der Waals surface area contributed by atoms with Gasteiger partial charge in [0.2, 0.25) is 10.0 Å². The van der Waals surface area contributed by atoms with Crippen LogP contribution in [0.4, 0.5) is 5.69 Å². The highest BCUT2D eigenvalue weighted by molar-refractivity contribution is 9.10. The number of phenols is 2. The third-order valence-electron chi connectivity index (χ3n) is 5.72. The predicted octanol–water partition coefficient (Wildman–Crippen LogP) is 3.98. The van der Waals surface area contributed by atoms with Crippen molar-refractivity contribution in [2.45, 2.75) is 23.8 Å². The molecule has 0 bridgehead atoms. The molecule has 0 radical (unpaired) electrons. The number of nitrogens with zero attached hydrogens (tertiary/aromatic N) is 1. The maximum Gasteiger partial charge on any atom is 0.250 e. The highest BCUT2D eigenvalue weighted by Crippen LogP contribution is 2.34. The molecule has 3 N–H and O–H groups in total. The van der Waals surface area contributed by atoms with Gasteiger partial charge in [0.1, 0.15) is 0 Å². The van der Waals surface area contributed by atoms with Gasteiger partial charge in [-0.25, -0.2) is 13.1 Å². The van der Waals surface area contributed by atoms with E-state index in [9.17, 15) is 23.4 Å². The van der Waals surface area contributed by atoms with Crippen molar-refractivity contribution in [3.63, 3.8) is 0 Å². The Bertz CT molecular complexity index is 1320. The van der Waals surface area contributed by atoms with E-state index in [1.165, 1.54) is 35.3 Å². The van der Waals surface area contributed by atoms with Crippen LogP contribution in [0.25, 0.3) is 6.08 Å². The maximum atomic E-state index is 12.8. The largest absolute Gasteiger partial charge is 0.504 e. The second kappa shape index (κ2) is 9.61. The van der Waals surface area contributed by atoms with E-state index in [0.29, 0.717) is 28.6 Å². The SMILES string of the molecule is CN(C(=O)/C=C/c1cc(O)c(O)c(Br)c1)c1ccc(S(=O)(=O)NC2Cc3ccccc3C2)cc1. The number of fused-ring (bicyclic) bond motifs is 1. The minimum Gasteiger partial charge on any atom is -0.504 e. The first-order chi connectivity index (χ1) is 16.1. The van der Waals surface area contributed by atoms with Gasteiger partial charge < -0.3 is 15.1 Å². The summed E-state index contributed by atoms with van der Waals surface area (Å²) in [7, 11) is -2.12. The number of benzene rings is 3. The van der Waals surface area contributed by atoms with Crippen molar-refractivity contribution in [1.82, 2.24) is 4.72 Å². The smallest absolute Gasteiger partial charge is 0.250 e. The number of rotatable bonds is 6. The Morgan fingerprint density at radius 2 is 1.68 bits per heavy atom. The van der Waals surface area contributed by atoms with E-state index in [4.69, 9.17) is 0 Å². The standard InChI is InChI=1S/C25H23BrN2O5S/c1-28(24(30)11-6-16-12-22(26)25(31)23(29)13-16)20-7-9-21(10-8-20)34(32,33)27-19-14-17-4-2-3-5-18(17)15-19/h2-13,19,27,29,31H,14-15H2,1H3/b11-6+. The number of amides is 1. The fourth-order valence-corrected chi connectivity index (χ4v) is 5.59. The van der Waals surface area contributed by atoms with Gasteiger partial charge in [0, 0.05) is 24.9 Å². The van der Waals surface area contributed by atoms with E-state index in [1.54, 1.807) is 25.2 Å². The second-order valence-electron chi connectivity index (χ2n) is 8.09. The van der Waals surface area contributed by atoms with E-state index < -0.39 is 10.0 Å². The van der Waals surface area contributed by atoms with Gasteiger partial charge in [0.15, 0.2) is 11.5 Å². The van der Waals surface area contributed by atoms with E-state index in [0.717, 1.165) is 11.1 Å². The Labute approximate surface area is 206 Å². The van der Waals surface area contributed by atoms with Crippen LogP contribution >= 0.6 is 15.9 Å². The van der Waals surface area contributed by atoms with E-state index in [-0.39, 0.29) is 28.3 Å².